The third kappa shape index (κ3) is 14.5. The molecule has 28 aromatic rings. The van der Waals surface area contributed by atoms with Crippen molar-refractivity contribution in [2.75, 3.05) is 0 Å². The number of fused-ring (bicyclic) bond motifs is 18. The summed E-state index contributed by atoms with van der Waals surface area (Å²) < 4.78 is 34.2. The van der Waals surface area contributed by atoms with Crippen LogP contribution in [0.15, 0.2) is 507 Å². The van der Waals surface area contributed by atoms with E-state index in [9.17, 15) is 0 Å². The van der Waals surface area contributed by atoms with Crippen LogP contribution in [0.25, 0.3) is 271 Å². The van der Waals surface area contributed by atoms with E-state index in [1.807, 2.05) is 72.8 Å². The Hall–Kier alpha value is -18.6. The van der Waals surface area contributed by atoms with Crippen molar-refractivity contribution in [1.82, 2.24) is 19.5 Å². The molecule has 0 spiro atoms. The van der Waals surface area contributed by atoms with E-state index in [4.69, 9.17) is 37.0 Å². The van der Waals surface area contributed by atoms with Gasteiger partial charge in [-0.3, -0.25) is 0 Å². The Balaban J connectivity index is 0.000000107. The molecular weight excluding hydrogens is 1690 g/mol. The third-order valence-corrected chi connectivity index (χ3v) is 26.8. The third-order valence-electron chi connectivity index (χ3n) is 26.8. The second-order valence-corrected chi connectivity index (χ2v) is 35.1. The maximum absolute atomic E-state index is 6.41. The van der Waals surface area contributed by atoms with Gasteiger partial charge in [0.05, 0.1) is 33.8 Å². The van der Waals surface area contributed by atoms with Crippen molar-refractivity contribution in [2.45, 2.75) is 0 Å². The maximum Gasteiger partial charge on any atom is 0.160 e. The smallest absolute Gasteiger partial charge is 0.160 e. The van der Waals surface area contributed by atoms with E-state index < -0.39 is 0 Å². The highest BCUT2D eigenvalue weighted by Gasteiger charge is 2.23. The van der Waals surface area contributed by atoms with E-state index in [0.29, 0.717) is 5.82 Å². The average molecular weight is 1770 g/mol. The molecule has 9 nitrogen and oxygen atoms in total. The Morgan fingerprint density at radius 2 is 0.428 bits per heavy atom. The lowest BCUT2D eigenvalue weighted by atomic mass is 9.96. The van der Waals surface area contributed by atoms with Crippen molar-refractivity contribution >= 4 is 131 Å². The molecule has 138 heavy (non-hydrogen) atoms. The molecule has 0 radical (unpaired) electrons. The topological polar surface area (TPSA) is 109 Å². The van der Waals surface area contributed by atoms with E-state index in [-0.39, 0.29) is 0 Å². The summed E-state index contributed by atoms with van der Waals surface area (Å²) in [7, 11) is 0. The minimum absolute atomic E-state index is 0.681. The number of nitrogens with zero attached hydrogens (tertiary/aromatic N) is 4. The largest absolute Gasteiger partial charge is 0.456 e. The van der Waals surface area contributed by atoms with Crippen molar-refractivity contribution in [2.24, 2.45) is 0 Å². The lowest BCUT2D eigenvalue weighted by Gasteiger charge is -2.12. The molecule has 0 aliphatic heterocycles. The number of pyridine rings is 1. The van der Waals surface area contributed by atoms with Gasteiger partial charge in [0.25, 0.3) is 0 Å². The fourth-order valence-electron chi connectivity index (χ4n) is 20.2. The Morgan fingerprint density at radius 3 is 0.870 bits per heavy atom. The molecule has 0 amide bonds. The lowest BCUT2D eigenvalue weighted by Crippen LogP contribution is -1.96. The summed E-state index contributed by atoms with van der Waals surface area (Å²) in [5.41, 5.74) is 36.7. The summed E-state index contributed by atoms with van der Waals surface area (Å²) in [5.74, 6) is 0.681. The first-order valence-corrected chi connectivity index (χ1v) is 46.5. The lowest BCUT2D eigenvalue weighted by molar-refractivity contribution is 0.668. The molecule has 0 saturated heterocycles. The molecule has 20 aromatic carbocycles. The second-order valence-electron chi connectivity index (χ2n) is 35.1. The van der Waals surface area contributed by atoms with Crippen LogP contribution in [-0.2, 0) is 0 Å². The van der Waals surface area contributed by atoms with Crippen molar-refractivity contribution < 1.29 is 22.1 Å². The van der Waals surface area contributed by atoms with Gasteiger partial charge in [-0.1, -0.05) is 370 Å². The van der Waals surface area contributed by atoms with Crippen molar-refractivity contribution in [3.63, 3.8) is 0 Å². The minimum Gasteiger partial charge on any atom is -0.456 e. The van der Waals surface area contributed by atoms with Crippen molar-refractivity contribution in [3.8, 4) is 140 Å². The first kappa shape index (κ1) is 80.3. The summed E-state index contributed by atoms with van der Waals surface area (Å²) in [6.07, 6.45) is 0. The van der Waals surface area contributed by atoms with Gasteiger partial charge < -0.3 is 26.7 Å². The van der Waals surface area contributed by atoms with Gasteiger partial charge >= 0.3 is 0 Å². The van der Waals surface area contributed by atoms with E-state index in [0.717, 1.165) is 238 Å². The van der Waals surface area contributed by atoms with Crippen LogP contribution in [0, 0.1) is 0 Å². The van der Waals surface area contributed by atoms with Gasteiger partial charge in [-0.25, -0.2) is 15.0 Å². The van der Waals surface area contributed by atoms with Gasteiger partial charge in [0.1, 0.15) is 55.8 Å². The first-order valence-electron chi connectivity index (χ1n) is 46.5. The fourth-order valence-corrected chi connectivity index (χ4v) is 20.2. The van der Waals surface area contributed by atoms with Crippen LogP contribution in [0.4, 0.5) is 0 Å². The quantitative estimate of drug-likeness (QED) is 0.112. The fraction of sp³-hybridized carbons (Fsp3) is 0. The second kappa shape index (κ2) is 33.9. The van der Waals surface area contributed by atoms with Gasteiger partial charge in [-0.15, -0.1) is 0 Å². The number of rotatable bonds is 13. The van der Waals surface area contributed by atoms with E-state index in [2.05, 4.69) is 417 Å². The molecule has 0 bridgehead atoms. The van der Waals surface area contributed by atoms with Crippen LogP contribution in [0.5, 0.6) is 0 Å². The highest BCUT2D eigenvalue weighted by atomic mass is 16.3. The van der Waals surface area contributed by atoms with Crippen LogP contribution >= 0.6 is 0 Å². The normalized spacial score (nSPS) is 11.6. The van der Waals surface area contributed by atoms with Crippen molar-refractivity contribution in [3.05, 3.63) is 485 Å². The molecule has 0 atom stereocenters. The van der Waals surface area contributed by atoms with Crippen LogP contribution in [0.2, 0.25) is 0 Å². The number of hydrogen-bond donors (Lipinski definition) is 0. The summed E-state index contributed by atoms with van der Waals surface area (Å²) in [5, 5.41) is 13.7. The predicted molar refractivity (Wildman–Crippen MR) is 569 cm³/mol. The molecule has 0 N–H and O–H groups in total. The summed E-state index contributed by atoms with van der Waals surface area (Å²) >= 11 is 0. The van der Waals surface area contributed by atoms with Gasteiger partial charge in [0.2, 0.25) is 0 Å². The number of hydrogen-bond acceptors (Lipinski definition) is 8. The first-order chi connectivity index (χ1) is 68.4. The zero-order valence-corrected chi connectivity index (χ0v) is 74.5. The van der Waals surface area contributed by atoms with Crippen LogP contribution in [0.1, 0.15) is 0 Å². The van der Waals surface area contributed by atoms with Gasteiger partial charge in [-0.05, 0) is 171 Å². The average Bonchev–Trinajstić information content (AvgIpc) is 1.60. The molecule has 0 unspecified atom stereocenters. The maximum atomic E-state index is 6.41. The summed E-state index contributed by atoms with van der Waals surface area (Å²) in [6, 6.07) is 169. The molecule has 0 aliphatic carbocycles. The van der Waals surface area contributed by atoms with Gasteiger partial charge in [-0.2, -0.15) is 0 Å². The molecular formula is C129H80N4O5. The van der Waals surface area contributed by atoms with Crippen LogP contribution in [-0.4, -0.2) is 19.5 Å². The van der Waals surface area contributed by atoms with E-state index in [1.54, 1.807) is 0 Å². The van der Waals surface area contributed by atoms with Gasteiger partial charge in [0.15, 0.2) is 5.82 Å². The van der Waals surface area contributed by atoms with E-state index in [1.165, 1.54) is 27.4 Å². The predicted octanol–water partition coefficient (Wildman–Crippen LogP) is 35.8. The highest BCUT2D eigenvalue weighted by Crippen LogP contribution is 2.46. The Morgan fingerprint density at radius 1 is 0.145 bits per heavy atom. The Kier molecular flexibility index (Phi) is 19.7. The number of aromatic nitrogens is 4. The van der Waals surface area contributed by atoms with Crippen molar-refractivity contribution in [1.29, 1.82) is 0 Å². The van der Waals surface area contributed by atoms with Crippen LogP contribution in [0.3, 0.4) is 0 Å². The molecule has 0 aliphatic rings. The molecule has 28 rings (SSSR count). The zero-order valence-electron chi connectivity index (χ0n) is 74.5. The number of para-hydroxylation sites is 10. The Bertz CT molecular complexity index is 9400. The number of benzene rings is 20. The summed E-state index contributed by atoms with van der Waals surface area (Å²) in [6.45, 7) is 0. The molecule has 0 saturated carbocycles. The molecule has 9 heteroatoms. The molecule has 646 valence electrons. The molecule has 0 fully saturated rings. The molecule has 8 heterocycles. The van der Waals surface area contributed by atoms with Gasteiger partial charge in [0, 0.05) is 120 Å². The standard InChI is InChI=1S/C47H29NO2.C42H25NO2.C40H26N2O/c1-2-12-30(13-3-1)35-28-42(33-16-8-14-31(26-33)36-20-10-22-40-38-18-4-6-24-44(38)49-46(36)40)48-43(29-35)34-17-9-15-32(27-34)37-21-11-23-41-39-19-5-7-25-45(39)50-47(37)41;1-4-16-37-31(11-1)32-12-2-5-17-38(32)43(37)29-20-22-41-36(25-29)35-24-27(19-21-40(35)44-41)26-9-7-10-28(23-26)30-14-8-15-34-33-13-3-6-18-39(33)45-42(30)34;1-3-12-27(13-4-1)29-16-9-18-31(24-29)37-26-36(28-14-5-2-6-15-28)41-40(42-37)32-19-10-17-30(25-32)33-21-11-22-35-34-20-7-8-23-38(34)43-39(33)35/h1-29H;1-25H;1-26H. The zero-order chi connectivity index (χ0) is 91.1. The summed E-state index contributed by atoms with van der Waals surface area (Å²) in [4.78, 5) is 15.5. The Labute approximate surface area is 793 Å². The monoisotopic (exact) mass is 1760 g/mol. The SMILES string of the molecule is c1cc(-c2ccc3oc4ccc(-n5c6ccccc6c6ccccc65)cc4c3c2)cc(-c2cccc3c2oc2ccccc23)c1.c1ccc(-c2cc(-c3cccc(-c4cccc5c4oc4ccccc45)c3)nc(-c3cccc(-c4cccc5c4oc4ccccc45)c3)c2)cc1.c1ccc(-c2cccc(-c3cc(-c4ccccc4)nc(-c4cccc(-c5cccc6c5oc5ccccc56)c4)n3)c2)cc1. The molecule has 8 aromatic heterocycles. The number of furan rings is 5. The minimum atomic E-state index is 0.681. The van der Waals surface area contributed by atoms with E-state index >= 15 is 0 Å². The highest BCUT2D eigenvalue weighted by molar-refractivity contribution is 6.15. The van der Waals surface area contributed by atoms with Crippen LogP contribution < -0.4 is 0 Å².